The van der Waals surface area contributed by atoms with E-state index in [1.807, 2.05) is 16.8 Å². The molecule has 1 fully saturated rings. The number of sulfonamides is 1. The van der Waals surface area contributed by atoms with Gasteiger partial charge >= 0.3 is 0 Å². The molecule has 2 aromatic rings. The summed E-state index contributed by atoms with van der Waals surface area (Å²) in [4.78, 5) is 12.4. The van der Waals surface area contributed by atoms with E-state index in [2.05, 4.69) is 5.10 Å². The highest BCUT2D eigenvalue weighted by Gasteiger charge is 2.45. The van der Waals surface area contributed by atoms with Gasteiger partial charge < -0.3 is 0 Å². The zero-order valence-electron chi connectivity index (χ0n) is 14.3. The van der Waals surface area contributed by atoms with Crippen molar-refractivity contribution in [1.82, 2.24) is 9.78 Å². The van der Waals surface area contributed by atoms with Gasteiger partial charge in [-0.2, -0.15) is 0 Å². The number of aromatic nitrogens is 2. The first-order valence-corrected chi connectivity index (χ1v) is 10.5. The van der Waals surface area contributed by atoms with Crippen molar-refractivity contribution in [1.29, 1.82) is 0 Å². The van der Waals surface area contributed by atoms with Crippen molar-refractivity contribution in [2.24, 2.45) is 11.1 Å². The van der Waals surface area contributed by atoms with Crippen LogP contribution in [0.3, 0.4) is 0 Å². The second kappa shape index (κ2) is 5.84. The number of primary sulfonamides is 1. The summed E-state index contributed by atoms with van der Waals surface area (Å²) in [5, 5.41) is 8.22. The van der Waals surface area contributed by atoms with E-state index in [0.29, 0.717) is 21.9 Å². The fourth-order valence-electron chi connectivity index (χ4n) is 3.70. The predicted molar refractivity (Wildman–Crippen MR) is 103 cm³/mol. The number of aromatic amines is 1. The van der Waals surface area contributed by atoms with E-state index >= 15 is 0 Å². The Hall–Kier alpha value is -1.83. The Balaban J connectivity index is 1.87. The molecule has 8 heteroatoms. The maximum atomic E-state index is 12.4. The Morgan fingerprint density at radius 1 is 1.38 bits per heavy atom. The van der Waals surface area contributed by atoms with Crippen molar-refractivity contribution in [2.75, 3.05) is 0 Å². The van der Waals surface area contributed by atoms with Crippen LogP contribution >= 0.6 is 11.6 Å². The minimum atomic E-state index is -3.88. The molecule has 138 valence electrons. The first-order valence-electron chi connectivity index (χ1n) is 8.50. The van der Waals surface area contributed by atoms with E-state index in [1.165, 1.54) is 18.9 Å². The molecule has 26 heavy (non-hydrogen) atoms. The van der Waals surface area contributed by atoms with Gasteiger partial charge in [0.05, 0.1) is 10.9 Å². The van der Waals surface area contributed by atoms with Gasteiger partial charge in [-0.25, -0.2) is 13.6 Å². The summed E-state index contributed by atoms with van der Waals surface area (Å²) in [5.74, 6) is 0.617. The normalized spacial score (nSPS) is 26.3. The Morgan fingerprint density at radius 2 is 2.12 bits per heavy atom. The fraction of sp³-hybridized carbons (Fsp3) is 0.389. The van der Waals surface area contributed by atoms with Crippen LogP contribution in [0.2, 0.25) is 0 Å². The summed E-state index contributed by atoms with van der Waals surface area (Å²) >= 11 is 6.43. The van der Waals surface area contributed by atoms with Crippen molar-refractivity contribution in [3.05, 3.63) is 57.4 Å². The third-order valence-electron chi connectivity index (χ3n) is 5.45. The molecule has 0 bridgehead atoms. The quantitative estimate of drug-likeness (QED) is 0.834. The van der Waals surface area contributed by atoms with Gasteiger partial charge in [0.2, 0.25) is 10.0 Å². The lowest BCUT2D eigenvalue weighted by Gasteiger charge is -2.36. The highest BCUT2D eigenvalue weighted by molar-refractivity contribution is 7.90. The van der Waals surface area contributed by atoms with E-state index in [-0.39, 0.29) is 5.56 Å². The van der Waals surface area contributed by atoms with Gasteiger partial charge in [0.1, 0.15) is 5.25 Å². The fourth-order valence-corrected chi connectivity index (χ4v) is 5.30. The predicted octanol–water partition coefficient (Wildman–Crippen LogP) is 2.35. The SMILES string of the molecule is CC1(c2ccc3c(c2)c(=O)[nH]n3CC2CC2)C(Cl)=CC=CC1S(N)(=O)=O. The standard InChI is InChI=1S/C18H20ClN3O3S/c1-18(15(19)3-2-4-16(18)26(20,24)25)12-7-8-14-13(9-12)17(23)21-22(14)10-11-5-6-11/h2-4,7-9,11,16H,5-6,10H2,1H3,(H,21,23)(H2,20,24,25). The van der Waals surface area contributed by atoms with Crippen LogP contribution in [0.25, 0.3) is 10.9 Å². The van der Waals surface area contributed by atoms with E-state index in [4.69, 9.17) is 16.7 Å². The van der Waals surface area contributed by atoms with E-state index in [1.54, 1.807) is 25.1 Å². The molecule has 2 aliphatic rings. The summed E-state index contributed by atoms with van der Waals surface area (Å²) < 4.78 is 26.2. The largest absolute Gasteiger partial charge is 0.284 e. The topological polar surface area (TPSA) is 97.9 Å². The maximum absolute atomic E-state index is 12.4. The Labute approximate surface area is 156 Å². The monoisotopic (exact) mass is 393 g/mol. The van der Waals surface area contributed by atoms with Gasteiger partial charge in [-0.15, -0.1) is 0 Å². The summed E-state index contributed by atoms with van der Waals surface area (Å²) in [6, 6.07) is 5.40. The minimum absolute atomic E-state index is 0.190. The number of hydrogen-bond donors (Lipinski definition) is 2. The molecular formula is C18H20ClN3O3S. The zero-order valence-corrected chi connectivity index (χ0v) is 15.8. The average Bonchev–Trinajstić information content (AvgIpc) is 3.33. The summed E-state index contributed by atoms with van der Waals surface area (Å²) in [7, 11) is -3.88. The molecule has 0 radical (unpaired) electrons. The third-order valence-corrected chi connectivity index (χ3v) is 7.31. The number of fused-ring (bicyclic) bond motifs is 1. The summed E-state index contributed by atoms with van der Waals surface area (Å²) in [5.41, 5.74) is 0.213. The van der Waals surface area contributed by atoms with Crippen molar-refractivity contribution in [3.8, 4) is 0 Å². The molecule has 1 aromatic heterocycles. The van der Waals surface area contributed by atoms with E-state index in [0.717, 1.165) is 12.1 Å². The van der Waals surface area contributed by atoms with Crippen molar-refractivity contribution >= 4 is 32.5 Å². The molecule has 3 N–H and O–H groups in total. The number of nitrogens with one attached hydrogen (secondary N) is 1. The first-order chi connectivity index (χ1) is 12.2. The van der Waals surface area contributed by atoms with Crippen LogP contribution in [0.1, 0.15) is 25.3 Å². The van der Waals surface area contributed by atoms with Crippen molar-refractivity contribution in [2.45, 2.75) is 37.0 Å². The van der Waals surface area contributed by atoms with Crippen LogP contribution < -0.4 is 10.7 Å². The Bertz CT molecular complexity index is 1110. The third kappa shape index (κ3) is 2.74. The number of allylic oxidation sites excluding steroid dienone is 3. The lowest BCUT2D eigenvalue weighted by atomic mass is 9.76. The highest BCUT2D eigenvalue weighted by atomic mass is 35.5. The van der Waals surface area contributed by atoms with Crippen LogP contribution in [0.4, 0.5) is 0 Å². The number of rotatable bonds is 4. The van der Waals surface area contributed by atoms with E-state index in [9.17, 15) is 13.2 Å². The molecule has 0 saturated heterocycles. The van der Waals surface area contributed by atoms with Crippen molar-refractivity contribution < 1.29 is 8.42 Å². The van der Waals surface area contributed by atoms with Gasteiger partial charge in [-0.1, -0.05) is 29.8 Å². The number of nitrogens with two attached hydrogens (primary N) is 1. The molecular weight excluding hydrogens is 374 g/mol. The number of nitrogens with zero attached hydrogens (tertiary/aromatic N) is 1. The molecule has 6 nitrogen and oxygen atoms in total. The number of halogens is 1. The van der Waals surface area contributed by atoms with Crippen LogP contribution in [0.5, 0.6) is 0 Å². The second-order valence-corrected chi connectivity index (χ2v) is 9.43. The molecule has 2 aliphatic carbocycles. The number of benzene rings is 1. The van der Waals surface area contributed by atoms with Crippen LogP contribution in [0.15, 0.2) is 46.3 Å². The maximum Gasteiger partial charge on any atom is 0.271 e. The van der Waals surface area contributed by atoms with Gasteiger partial charge in [-0.3, -0.25) is 14.6 Å². The lowest BCUT2D eigenvalue weighted by Crippen LogP contribution is -2.45. The Morgan fingerprint density at radius 3 is 2.77 bits per heavy atom. The van der Waals surface area contributed by atoms with Gasteiger partial charge in [0.15, 0.2) is 0 Å². The minimum Gasteiger partial charge on any atom is -0.284 e. The molecule has 0 spiro atoms. The first kappa shape index (κ1) is 17.6. The number of hydrogen-bond acceptors (Lipinski definition) is 3. The molecule has 1 aromatic carbocycles. The summed E-state index contributed by atoms with van der Waals surface area (Å²) in [6.45, 7) is 2.53. The van der Waals surface area contributed by atoms with Crippen LogP contribution in [-0.2, 0) is 22.0 Å². The molecule has 0 amide bonds. The molecule has 4 rings (SSSR count). The zero-order chi connectivity index (χ0) is 18.7. The smallest absolute Gasteiger partial charge is 0.271 e. The van der Waals surface area contributed by atoms with Crippen LogP contribution in [-0.4, -0.2) is 23.4 Å². The molecule has 1 heterocycles. The molecule has 0 aliphatic heterocycles. The van der Waals surface area contributed by atoms with E-state index < -0.39 is 20.7 Å². The summed E-state index contributed by atoms with van der Waals surface area (Å²) in [6.07, 6.45) is 7.15. The second-order valence-electron chi connectivity index (χ2n) is 7.34. The molecule has 1 saturated carbocycles. The van der Waals surface area contributed by atoms with Gasteiger partial charge in [0, 0.05) is 17.0 Å². The molecule has 2 unspecified atom stereocenters. The van der Waals surface area contributed by atoms with Crippen molar-refractivity contribution in [3.63, 3.8) is 0 Å². The highest BCUT2D eigenvalue weighted by Crippen LogP contribution is 2.43. The number of H-pyrrole nitrogens is 1. The molecule has 2 atom stereocenters. The average molecular weight is 394 g/mol. The van der Waals surface area contributed by atoms with Crippen LogP contribution in [0, 0.1) is 5.92 Å². The van der Waals surface area contributed by atoms with Gasteiger partial charge in [-0.05, 0) is 49.5 Å². The lowest BCUT2D eigenvalue weighted by molar-refractivity contribution is 0.536. The van der Waals surface area contributed by atoms with Gasteiger partial charge in [0.25, 0.3) is 5.56 Å². The Kier molecular flexibility index (Phi) is 3.95.